The lowest BCUT2D eigenvalue weighted by Crippen LogP contribution is -2.32. The van der Waals surface area contributed by atoms with Crippen LogP contribution in [0.5, 0.6) is 0 Å². The minimum atomic E-state index is -0.165. The van der Waals surface area contributed by atoms with Crippen LogP contribution in [0.15, 0.2) is 35.1 Å². The number of aryl methyl sites for hydroxylation is 3. The van der Waals surface area contributed by atoms with Gasteiger partial charge < -0.3 is 14.8 Å². The van der Waals surface area contributed by atoms with Crippen molar-refractivity contribution in [2.24, 2.45) is 0 Å². The third-order valence-electron chi connectivity index (χ3n) is 5.35. The molecule has 1 amide bonds. The molecule has 0 saturated carbocycles. The molecular formula is C21H26N6O2. The van der Waals surface area contributed by atoms with Crippen LogP contribution in [0.3, 0.4) is 0 Å². The number of fused-ring (bicyclic) bond motifs is 1. The fourth-order valence-corrected chi connectivity index (χ4v) is 3.85. The molecule has 2 aromatic heterocycles. The molecule has 1 N–H and O–H groups in total. The van der Waals surface area contributed by atoms with E-state index in [0.717, 1.165) is 49.2 Å². The Balaban J connectivity index is 1.57. The molecule has 1 aliphatic heterocycles. The maximum Gasteiger partial charge on any atom is 0.294 e. The van der Waals surface area contributed by atoms with Gasteiger partial charge >= 0.3 is 0 Å². The van der Waals surface area contributed by atoms with E-state index in [-0.39, 0.29) is 17.9 Å². The zero-order valence-electron chi connectivity index (χ0n) is 16.9. The number of hydrogen-bond acceptors (Lipinski definition) is 5. The lowest BCUT2D eigenvalue weighted by Gasteiger charge is -2.18. The third kappa shape index (κ3) is 3.87. The van der Waals surface area contributed by atoms with Crippen LogP contribution in [0.1, 0.15) is 31.9 Å². The molecule has 4 rings (SSSR count). The summed E-state index contributed by atoms with van der Waals surface area (Å²) in [4.78, 5) is 32.3. The van der Waals surface area contributed by atoms with Crippen molar-refractivity contribution < 1.29 is 4.79 Å². The predicted octanol–water partition coefficient (Wildman–Crippen LogP) is 2.55. The molecule has 8 heteroatoms. The van der Waals surface area contributed by atoms with Crippen LogP contribution < -0.4 is 15.8 Å². The number of benzene rings is 1. The normalized spacial score (nSPS) is 13.9. The second-order valence-corrected chi connectivity index (χ2v) is 7.36. The first-order valence-corrected chi connectivity index (χ1v) is 10.2. The van der Waals surface area contributed by atoms with E-state index in [1.807, 2.05) is 53.8 Å². The zero-order chi connectivity index (χ0) is 20.4. The second kappa shape index (κ2) is 8.06. The van der Waals surface area contributed by atoms with Crippen molar-refractivity contribution >= 4 is 28.6 Å². The number of hydrogen-bond donors (Lipinski definition) is 1. The van der Waals surface area contributed by atoms with Crippen LogP contribution in [0.25, 0.3) is 11.0 Å². The van der Waals surface area contributed by atoms with Crippen molar-refractivity contribution in [3.05, 3.63) is 46.4 Å². The Bertz CT molecular complexity index is 1090. The number of rotatable bonds is 6. The molecule has 1 aromatic carbocycles. The number of aromatic nitrogens is 4. The van der Waals surface area contributed by atoms with E-state index in [2.05, 4.69) is 15.4 Å². The van der Waals surface area contributed by atoms with Gasteiger partial charge in [-0.2, -0.15) is 5.10 Å². The maximum absolute atomic E-state index is 13.1. The monoisotopic (exact) mass is 394 g/mol. The largest absolute Gasteiger partial charge is 0.352 e. The lowest BCUT2D eigenvalue weighted by atomic mass is 10.2. The molecule has 8 nitrogen and oxygen atoms in total. The van der Waals surface area contributed by atoms with Gasteiger partial charge in [0.2, 0.25) is 5.91 Å². The number of nitrogens with zero attached hydrogens (tertiary/aromatic N) is 5. The van der Waals surface area contributed by atoms with Gasteiger partial charge in [0, 0.05) is 44.4 Å². The van der Waals surface area contributed by atoms with Crippen molar-refractivity contribution in [1.82, 2.24) is 19.3 Å². The topological polar surface area (TPSA) is 85.0 Å². The van der Waals surface area contributed by atoms with Gasteiger partial charge in [-0.25, -0.2) is 4.98 Å². The Morgan fingerprint density at radius 1 is 1.21 bits per heavy atom. The molecule has 3 heterocycles. The molecule has 0 spiro atoms. The minimum absolute atomic E-state index is 0.135. The van der Waals surface area contributed by atoms with Crippen LogP contribution in [0.2, 0.25) is 0 Å². The van der Waals surface area contributed by atoms with Gasteiger partial charge in [-0.3, -0.25) is 14.3 Å². The Hall–Kier alpha value is -3.16. The van der Waals surface area contributed by atoms with E-state index in [9.17, 15) is 9.59 Å². The molecular weight excluding hydrogens is 368 g/mol. The molecule has 1 aliphatic rings. The highest BCUT2D eigenvalue weighted by atomic mass is 16.2. The van der Waals surface area contributed by atoms with Crippen molar-refractivity contribution in [1.29, 1.82) is 0 Å². The fraction of sp³-hybridized carbons (Fsp3) is 0.429. The fourth-order valence-electron chi connectivity index (χ4n) is 3.85. The third-order valence-corrected chi connectivity index (χ3v) is 5.35. The summed E-state index contributed by atoms with van der Waals surface area (Å²) >= 11 is 0. The van der Waals surface area contributed by atoms with Crippen LogP contribution >= 0.6 is 0 Å². The van der Waals surface area contributed by atoms with Crippen molar-refractivity contribution in [3.63, 3.8) is 0 Å². The van der Waals surface area contributed by atoms with Crippen LogP contribution in [0, 0.1) is 6.92 Å². The van der Waals surface area contributed by atoms with Crippen molar-refractivity contribution in [2.45, 2.75) is 46.2 Å². The Morgan fingerprint density at radius 2 is 1.97 bits per heavy atom. The van der Waals surface area contributed by atoms with E-state index in [1.165, 1.54) is 0 Å². The summed E-state index contributed by atoms with van der Waals surface area (Å²) in [7, 11) is 0. The number of carbonyl (C=O) groups excluding carboxylic acids is 1. The van der Waals surface area contributed by atoms with Gasteiger partial charge in [-0.1, -0.05) is 12.1 Å². The molecule has 0 bridgehead atoms. The Kier molecular flexibility index (Phi) is 5.33. The zero-order valence-corrected chi connectivity index (χ0v) is 16.9. The molecule has 152 valence electrons. The molecule has 3 aromatic rings. The van der Waals surface area contributed by atoms with Crippen molar-refractivity contribution in [2.75, 3.05) is 23.3 Å². The first-order chi connectivity index (χ1) is 14.1. The van der Waals surface area contributed by atoms with Crippen molar-refractivity contribution in [3.8, 4) is 0 Å². The number of para-hydroxylation sites is 2. The lowest BCUT2D eigenvalue weighted by molar-refractivity contribution is -0.116. The molecule has 0 atom stereocenters. The highest BCUT2D eigenvalue weighted by molar-refractivity contribution is 5.89. The quantitative estimate of drug-likeness (QED) is 0.695. The van der Waals surface area contributed by atoms with E-state index in [4.69, 9.17) is 0 Å². The maximum atomic E-state index is 13.1. The Labute approximate surface area is 169 Å². The SMILES string of the molecule is CCn1nc(NC(=O)CCn2c(=O)c(N3CCCC3)nc3ccccc32)cc1C. The standard InChI is InChI=1S/C21H26N6O2/c1-3-27-15(2)14-18(24-27)23-19(28)10-13-26-17-9-5-4-8-16(17)22-20(21(26)29)25-11-6-7-12-25/h4-5,8-9,14H,3,6-7,10-13H2,1-2H3,(H,23,24,28). The van der Waals surface area contributed by atoms with Crippen LogP contribution in [-0.4, -0.2) is 38.3 Å². The molecule has 0 unspecified atom stereocenters. The smallest absolute Gasteiger partial charge is 0.294 e. The summed E-state index contributed by atoms with van der Waals surface area (Å²) in [5.41, 5.74) is 2.38. The molecule has 29 heavy (non-hydrogen) atoms. The Morgan fingerprint density at radius 3 is 2.69 bits per heavy atom. The van der Waals surface area contributed by atoms with Crippen LogP contribution in [-0.2, 0) is 17.9 Å². The summed E-state index contributed by atoms with van der Waals surface area (Å²) in [5, 5.41) is 7.19. The van der Waals surface area contributed by atoms with Gasteiger partial charge in [-0.05, 0) is 38.8 Å². The van der Waals surface area contributed by atoms with Gasteiger partial charge in [-0.15, -0.1) is 0 Å². The van der Waals surface area contributed by atoms with Gasteiger partial charge in [0.25, 0.3) is 5.56 Å². The number of amides is 1. The van der Waals surface area contributed by atoms with Gasteiger partial charge in [0.15, 0.2) is 11.6 Å². The summed E-state index contributed by atoms with van der Waals surface area (Å²) < 4.78 is 3.50. The summed E-state index contributed by atoms with van der Waals surface area (Å²) in [6, 6.07) is 9.43. The first kappa shape index (κ1) is 19.2. The van der Waals surface area contributed by atoms with E-state index in [1.54, 1.807) is 4.57 Å². The average Bonchev–Trinajstić information content (AvgIpc) is 3.36. The number of anilines is 2. The van der Waals surface area contributed by atoms with E-state index >= 15 is 0 Å². The minimum Gasteiger partial charge on any atom is -0.352 e. The summed E-state index contributed by atoms with van der Waals surface area (Å²) in [6.45, 7) is 6.70. The average molecular weight is 394 g/mol. The number of nitrogens with one attached hydrogen (secondary N) is 1. The summed E-state index contributed by atoms with van der Waals surface area (Å²) in [6.07, 6.45) is 2.33. The molecule has 1 fully saturated rings. The van der Waals surface area contributed by atoms with E-state index in [0.29, 0.717) is 18.2 Å². The highest BCUT2D eigenvalue weighted by Crippen LogP contribution is 2.18. The highest BCUT2D eigenvalue weighted by Gasteiger charge is 2.20. The first-order valence-electron chi connectivity index (χ1n) is 10.2. The summed E-state index contributed by atoms with van der Waals surface area (Å²) in [5.74, 6) is 0.860. The molecule has 0 aliphatic carbocycles. The number of carbonyl (C=O) groups is 1. The molecule has 1 saturated heterocycles. The second-order valence-electron chi connectivity index (χ2n) is 7.36. The molecule has 0 radical (unpaired) electrons. The van der Waals surface area contributed by atoms with E-state index < -0.39 is 0 Å². The predicted molar refractivity (Wildman–Crippen MR) is 113 cm³/mol. The van der Waals surface area contributed by atoms with Crippen LogP contribution in [0.4, 0.5) is 11.6 Å². The van der Waals surface area contributed by atoms with Gasteiger partial charge in [0.05, 0.1) is 11.0 Å². The van der Waals surface area contributed by atoms with Gasteiger partial charge in [0.1, 0.15) is 0 Å².